The van der Waals surface area contributed by atoms with E-state index in [2.05, 4.69) is 0 Å². The molecule has 6 heteroatoms. The van der Waals surface area contributed by atoms with Crippen molar-refractivity contribution in [3.05, 3.63) is 59.2 Å². The van der Waals surface area contributed by atoms with Crippen molar-refractivity contribution in [3.63, 3.8) is 0 Å². The molecular formula is C20H23ClO5. The lowest BCUT2D eigenvalue weighted by molar-refractivity contribution is -0.233. The molecule has 0 bridgehead atoms. The van der Waals surface area contributed by atoms with Crippen molar-refractivity contribution in [1.29, 1.82) is 0 Å². The minimum atomic E-state index is -1.39. The third kappa shape index (κ3) is 3.86. The number of benzene rings is 1. The standard InChI is InChI=1S/C20H23ClO5/c1-24-19(23)18(22)16-9-2-4-11-20(16,14-7-6-8-15(21)13-14)26-17-10-3-5-12-25-17/h2,4,6-9,11,13,16-18,22H,3,5,10,12H2,1H3/t16?,17?,18-,20?/m1/s1. The number of aliphatic hydroxyl groups excluding tert-OH is 1. The second-order valence-electron chi connectivity index (χ2n) is 6.46. The highest BCUT2D eigenvalue weighted by Crippen LogP contribution is 2.43. The summed E-state index contributed by atoms with van der Waals surface area (Å²) in [5.74, 6) is -1.39. The lowest BCUT2D eigenvalue weighted by Gasteiger charge is -2.43. The Bertz CT molecular complexity index is 695. The average Bonchev–Trinajstić information content (AvgIpc) is 2.68. The first-order valence-electron chi connectivity index (χ1n) is 8.74. The Labute approximate surface area is 158 Å². The maximum atomic E-state index is 12.0. The van der Waals surface area contributed by atoms with Gasteiger partial charge in [0.1, 0.15) is 5.60 Å². The predicted molar refractivity (Wildman–Crippen MR) is 97.6 cm³/mol. The van der Waals surface area contributed by atoms with Crippen LogP contribution in [0.25, 0.3) is 0 Å². The van der Waals surface area contributed by atoms with Gasteiger partial charge in [0.2, 0.25) is 0 Å². The summed E-state index contributed by atoms with van der Waals surface area (Å²) >= 11 is 6.20. The minimum Gasteiger partial charge on any atom is -0.467 e. The lowest BCUT2D eigenvalue weighted by Crippen LogP contribution is -2.48. The van der Waals surface area contributed by atoms with Gasteiger partial charge in [0.25, 0.3) is 0 Å². The van der Waals surface area contributed by atoms with Crippen LogP contribution in [0.1, 0.15) is 24.8 Å². The van der Waals surface area contributed by atoms with Gasteiger partial charge in [-0.25, -0.2) is 4.79 Å². The summed E-state index contributed by atoms with van der Waals surface area (Å²) in [6.45, 7) is 0.625. The van der Waals surface area contributed by atoms with Crippen molar-refractivity contribution in [2.75, 3.05) is 13.7 Å². The number of carbonyl (C=O) groups excluding carboxylic acids is 1. The maximum absolute atomic E-state index is 12.0. The third-order valence-electron chi connectivity index (χ3n) is 4.79. The van der Waals surface area contributed by atoms with E-state index in [-0.39, 0.29) is 0 Å². The molecular weight excluding hydrogens is 356 g/mol. The number of halogens is 1. The van der Waals surface area contributed by atoms with E-state index in [0.717, 1.165) is 24.8 Å². The molecule has 1 heterocycles. The van der Waals surface area contributed by atoms with Crippen molar-refractivity contribution in [3.8, 4) is 0 Å². The zero-order chi connectivity index (χ0) is 18.6. The van der Waals surface area contributed by atoms with E-state index in [0.29, 0.717) is 11.6 Å². The van der Waals surface area contributed by atoms with Gasteiger partial charge in [-0.05, 0) is 43.0 Å². The van der Waals surface area contributed by atoms with Gasteiger partial charge >= 0.3 is 5.97 Å². The smallest absolute Gasteiger partial charge is 0.335 e. The van der Waals surface area contributed by atoms with E-state index < -0.39 is 29.9 Å². The molecule has 0 aromatic heterocycles. The Morgan fingerprint density at radius 1 is 1.38 bits per heavy atom. The summed E-state index contributed by atoms with van der Waals surface area (Å²) in [6, 6.07) is 7.24. The molecule has 1 aliphatic heterocycles. The Morgan fingerprint density at radius 3 is 2.92 bits per heavy atom. The van der Waals surface area contributed by atoms with Crippen molar-refractivity contribution in [1.82, 2.24) is 0 Å². The van der Waals surface area contributed by atoms with Crippen LogP contribution in [0.5, 0.6) is 0 Å². The van der Waals surface area contributed by atoms with E-state index in [1.54, 1.807) is 24.3 Å². The van der Waals surface area contributed by atoms with Gasteiger partial charge in [-0.2, -0.15) is 0 Å². The molecule has 0 amide bonds. The molecule has 1 aromatic carbocycles. The van der Waals surface area contributed by atoms with Crippen molar-refractivity contribution in [2.45, 2.75) is 37.3 Å². The number of aliphatic hydroxyl groups is 1. The lowest BCUT2D eigenvalue weighted by atomic mass is 9.75. The number of esters is 1. The van der Waals surface area contributed by atoms with E-state index in [1.165, 1.54) is 7.11 Å². The summed E-state index contributed by atoms with van der Waals surface area (Å²) in [7, 11) is 1.25. The average molecular weight is 379 g/mol. The van der Waals surface area contributed by atoms with Crippen LogP contribution >= 0.6 is 11.6 Å². The molecule has 0 radical (unpaired) electrons. The molecule has 3 unspecified atom stereocenters. The largest absolute Gasteiger partial charge is 0.467 e. The second kappa shape index (κ2) is 8.35. The number of hydrogen-bond donors (Lipinski definition) is 1. The molecule has 0 spiro atoms. The first-order chi connectivity index (χ1) is 12.6. The van der Waals surface area contributed by atoms with Gasteiger partial charge < -0.3 is 19.3 Å². The zero-order valence-corrected chi connectivity index (χ0v) is 15.4. The monoisotopic (exact) mass is 378 g/mol. The number of methoxy groups -OCH3 is 1. The highest BCUT2D eigenvalue weighted by molar-refractivity contribution is 6.30. The molecule has 3 rings (SSSR count). The normalized spacial score (nSPS) is 29.3. The van der Waals surface area contributed by atoms with Crippen LogP contribution in [0.2, 0.25) is 5.02 Å². The molecule has 1 fully saturated rings. The molecule has 5 nitrogen and oxygen atoms in total. The van der Waals surface area contributed by atoms with Crippen molar-refractivity contribution in [2.24, 2.45) is 5.92 Å². The van der Waals surface area contributed by atoms with Crippen LogP contribution in [0.4, 0.5) is 0 Å². The molecule has 140 valence electrons. The third-order valence-corrected chi connectivity index (χ3v) is 5.03. The Kier molecular flexibility index (Phi) is 6.14. The number of ether oxygens (including phenoxy) is 3. The van der Waals surface area contributed by atoms with Crippen LogP contribution in [0.15, 0.2) is 48.6 Å². The molecule has 0 saturated carbocycles. The fraction of sp³-hybridized carbons (Fsp3) is 0.450. The summed E-state index contributed by atoms with van der Waals surface area (Å²) in [4.78, 5) is 12.0. The number of rotatable bonds is 5. The van der Waals surface area contributed by atoms with Gasteiger partial charge in [-0.1, -0.05) is 42.0 Å². The van der Waals surface area contributed by atoms with Gasteiger partial charge in [0, 0.05) is 11.6 Å². The summed E-state index contributed by atoms with van der Waals surface area (Å²) in [6.07, 6.45) is 8.15. The molecule has 1 aromatic rings. The van der Waals surface area contributed by atoms with Crippen LogP contribution < -0.4 is 0 Å². The Hall–Kier alpha value is -1.66. The van der Waals surface area contributed by atoms with E-state index in [9.17, 15) is 9.90 Å². The fourth-order valence-corrected chi connectivity index (χ4v) is 3.66. The zero-order valence-electron chi connectivity index (χ0n) is 14.6. The van der Waals surface area contributed by atoms with E-state index in [1.807, 2.05) is 24.3 Å². The second-order valence-corrected chi connectivity index (χ2v) is 6.89. The summed E-state index contributed by atoms with van der Waals surface area (Å²) in [5.41, 5.74) is -0.345. The highest BCUT2D eigenvalue weighted by atomic mass is 35.5. The molecule has 1 saturated heterocycles. The maximum Gasteiger partial charge on any atom is 0.335 e. The van der Waals surface area contributed by atoms with E-state index in [4.69, 9.17) is 25.8 Å². The quantitative estimate of drug-likeness (QED) is 0.796. The van der Waals surface area contributed by atoms with Crippen LogP contribution in [0, 0.1) is 5.92 Å². The number of allylic oxidation sites excluding steroid dienone is 2. The Balaban J connectivity index is 2.04. The predicted octanol–water partition coefficient (Wildman–Crippen LogP) is 3.35. The number of hydrogen-bond acceptors (Lipinski definition) is 5. The van der Waals surface area contributed by atoms with E-state index >= 15 is 0 Å². The first kappa shape index (κ1) is 19.1. The SMILES string of the molecule is COC(=O)[C@H](O)C1C=CC=CC1(OC1CCCCO1)c1cccc(Cl)c1. The first-order valence-corrected chi connectivity index (χ1v) is 9.12. The van der Waals surface area contributed by atoms with Crippen molar-refractivity contribution < 1.29 is 24.1 Å². The molecule has 2 aliphatic rings. The Morgan fingerprint density at radius 2 is 2.23 bits per heavy atom. The fourth-order valence-electron chi connectivity index (χ4n) is 3.47. The topological polar surface area (TPSA) is 65.0 Å². The summed E-state index contributed by atoms with van der Waals surface area (Å²) in [5, 5.41) is 11.2. The molecule has 4 atom stereocenters. The molecule has 1 N–H and O–H groups in total. The molecule has 26 heavy (non-hydrogen) atoms. The van der Waals surface area contributed by atoms with Gasteiger partial charge in [0.05, 0.1) is 13.0 Å². The number of carbonyl (C=O) groups is 1. The highest BCUT2D eigenvalue weighted by Gasteiger charge is 2.47. The summed E-state index contributed by atoms with van der Waals surface area (Å²) < 4.78 is 16.9. The van der Waals surface area contributed by atoms with Crippen molar-refractivity contribution >= 4 is 17.6 Å². The van der Waals surface area contributed by atoms with Gasteiger partial charge in [-0.3, -0.25) is 0 Å². The molecule has 1 aliphatic carbocycles. The minimum absolute atomic E-state index is 0.425. The van der Waals surface area contributed by atoms with Crippen LogP contribution in [0.3, 0.4) is 0 Å². The van der Waals surface area contributed by atoms with Crippen LogP contribution in [-0.4, -0.2) is 37.2 Å². The van der Waals surface area contributed by atoms with Gasteiger partial charge in [-0.15, -0.1) is 0 Å². The van der Waals surface area contributed by atoms with Gasteiger partial charge in [0.15, 0.2) is 12.4 Å². The van der Waals surface area contributed by atoms with Crippen LogP contribution in [-0.2, 0) is 24.6 Å².